The number of pyridine rings is 1. The van der Waals surface area contributed by atoms with Gasteiger partial charge in [-0.1, -0.05) is 29.8 Å². The van der Waals surface area contributed by atoms with E-state index in [-0.39, 0.29) is 5.69 Å². The van der Waals surface area contributed by atoms with Crippen LogP contribution in [-0.4, -0.2) is 27.3 Å². The number of hydrogen-bond donors (Lipinski definition) is 0. The van der Waals surface area contributed by atoms with Crippen LogP contribution in [-0.2, 0) is 4.74 Å². The van der Waals surface area contributed by atoms with Crippen molar-refractivity contribution >= 4 is 29.3 Å². The molecule has 0 saturated carbocycles. The van der Waals surface area contributed by atoms with Crippen molar-refractivity contribution in [1.29, 1.82) is 0 Å². The summed E-state index contributed by atoms with van der Waals surface area (Å²) in [7, 11) is 0. The van der Waals surface area contributed by atoms with E-state index in [1.165, 1.54) is 11.8 Å². The van der Waals surface area contributed by atoms with Gasteiger partial charge in [0.25, 0.3) is 0 Å². The van der Waals surface area contributed by atoms with Gasteiger partial charge in [0.05, 0.1) is 17.3 Å². The van der Waals surface area contributed by atoms with Gasteiger partial charge < -0.3 is 4.74 Å². The predicted octanol–water partition coefficient (Wildman–Crippen LogP) is 4.56. The van der Waals surface area contributed by atoms with Crippen molar-refractivity contribution < 1.29 is 9.53 Å². The van der Waals surface area contributed by atoms with Crippen LogP contribution in [0.5, 0.6) is 0 Å². The van der Waals surface area contributed by atoms with Crippen molar-refractivity contribution in [1.82, 2.24) is 14.8 Å². The molecule has 5 nitrogen and oxygen atoms in total. The molecule has 0 aliphatic heterocycles. The average molecular weight is 374 g/mol. The third-order valence-electron chi connectivity index (χ3n) is 3.31. The second-order valence-electron chi connectivity index (χ2n) is 5.17. The molecule has 0 aliphatic carbocycles. The molecule has 3 rings (SSSR count). The topological polar surface area (TPSA) is 57.0 Å². The highest BCUT2D eigenvalue weighted by Gasteiger charge is 2.19. The van der Waals surface area contributed by atoms with E-state index in [1.54, 1.807) is 23.7 Å². The number of carbonyl (C=O) groups is 1. The van der Waals surface area contributed by atoms with Gasteiger partial charge in [0.2, 0.25) is 0 Å². The lowest BCUT2D eigenvalue weighted by atomic mass is 10.3. The van der Waals surface area contributed by atoms with Crippen molar-refractivity contribution in [3.8, 4) is 5.69 Å². The first-order valence-electron chi connectivity index (χ1n) is 7.72. The quantitative estimate of drug-likeness (QED) is 0.614. The highest BCUT2D eigenvalue weighted by Crippen LogP contribution is 2.31. The van der Waals surface area contributed by atoms with Crippen molar-refractivity contribution in [2.45, 2.75) is 23.9 Å². The zero-order valence-corrected chi connectivity index (χ0v) is 15.3. The second-order valence-corrected chi connectivity index (χ2v) is 6.62. The van der Waals surface area contributed by atoms with E-state index in [1.807, 2.05) is 43.3 Å². The van der Waals surface area contributed by atoms with Crippen molar-refractivity contribution in [3.63, 3.8) is 0 Å². The molecular weight excluding hydrogens is 358 g/mol. The van der Waals surface area contributed by atoms with Crippen molar-refractivity contribution in [2.75, 3.05) is 6.61 Å². The third kappa shape index (κ3) is 4.03. The molecular formula is C18H16ClN3O2S. The first-order chi connectivity index (χ1) is 12.1. The Morgan fingerprint density at radius 1 is 1.24 bits per heavy atom. The minimum atomic E-state index is -0.465. The van der Waals surface area contributed by atoms with E-state index in [2.05, 4.69) is 10.1 Å². The molecule has 0 amide bonds. The van der Waals surface area contributed by atoms with Crippen molar-refractivity contribution in [2.24, 2.45) is 0 Å². The molecule has 0 unspecified atom stereocenters. The largest absolute Gasteiger partial charge is 0.461 e. The standard InChI is InChI=1S/C18H16ClN3O2S/c1-3-24-18(23)14-11-17(25-16-10-6-7-12(2)20-16)22(21-14)15-9-5-4-8-13(15)19/h4-11H,3H2,1-2H3. The molecule has 0 bridgehead atoms. The predicted molar refractivity (Wildman–Crippen MR) is 97.6 cm³/mol. The van der Waals surface area contributed by atoms with Crippen LogP contribution in [0, 0.1) is 6.92 Å². The Kier molecular flexibility index (Phi) is 5.40. The van der Waals surface area contributed by atoms with Gasteiger partial charge in [-0.25, -0.2) is 14.5 Å². The van der Waals surface area contributed by atoms with E-state index < -0.39 is 5.97 Å². The maximum absolute atomic E-state index is 12.1. The summed E-state index contributed by atoms with van der Waals surface area (Å²) in [6.07, 6.45) is 0. The van der Waals surface area contributed by atoms with E-state index in [0.717, 1.165) is 15.7 Å². The normalized spacial score (nSPS) is 10.7. The molecule has 7 heteroatoms. The summed E-state index contributed by atoms with van der Waals surface area (Å²) in [4.78, 5) is 16.6. The van der Waals surface area contributed by atoms with Gasteiger partial charge in [-0.15, -0.1) is 0 Å². The molecule has 0 N–H and O–H groups in total. The zero-order valence-electron chi connectivity index (χ0n) is 13.8. The number of para-hydroxylation sites is 1. The van der Waals surface area contributed by atoms with Gasteiger partial charge in [-0.2, -0.15) is 5.10 Å². The summed E-state index contributed by atoms with van der Waals surface area (Å²) in [6.45, 7) is 3.98. The van der Waals surface area contributed by atoms with Crippen LogP contribution >= 0.6 is 23.4 Å². The Hall–Kier alpha value is -2.31. The fourth-order valence-electron chi connectivity index (χ4n) is 2.22. The molecule has 0 spiro atoms. The van der Waals surface area contributed by atoms with E-state index in [4.69, 9.17) is 16.3 Å². The number of rotatable bonds is 5. The van der Waals surface area contributed by atoms with Gasteiger partial charge in [-0.3, -0.25) is 0 Å². The summed E-state index contributed by atoms with van der Waals surface area (Å²) in [5.74, 6) is -0.465. The molecule has 0 atom stereocenters. The smallest absolute Gasteiger partial charge is 0.358 e. The number of benzene rings is 1. The SMILES string of the molecule is CCOC(=O)c1cc(Sc2cccc(C)n2)n(-c2ccccc2Cl)n1. The van der Waals surface area contributed by atoms with Gasteiger partial charge in [-0.05, 0) is 49.9 Å². The third-order valence-corrected chi connectivity index (χ3v) is 4.57. The fourth-order valence-corrected chi connectivity index (χ4v) is 3.38. The lowest BCUT2D eigenvalue weighted by Crippen LogP contribution is -2.07. The number of nitrogens with zero attached hydrogens (tertiary/aromatic N) is 3. The number of halogens is 1. The van der Waals surface area contributed by atoms with Crippen molar-refractivity contribution in [3.05, 3.63) is 64.9 Å². The second kappa shape index (κ2) is 7.72. The van der Waals surface area contributed by atoms with Crippen LogP contribution in [0.2, 0.25) is 5.02 Å². The number of aryl methyl sites for hydroxylation is 1. The van der Waals surface area contributed by atoms with E-state index in [9.17, 15) is 4.79 Å². The molecule has 0 aliphatic rings. The zero-order chi connectivity index (χ0) is 17.8. The Morgan fingerprint density at radius 2 is 2.04 bits per heavy atom. The monoisotopic (exact) mass is 373 g/mol. The molecule has 0 radical (unpaired) electrons. The van der Waals surface area contributed by atoms with Gasteiger partial charge in [0, 0.05) is 11.8 Å². The molecule has 2 heterocycles. The lowest BCUT2D eigenvalue weighted by molar-refractivity contribution is 0.0519. The number of carbonyl (C=O) groups excluding carboxylic acids is 1. The minimum absolute atomic E-state index is 0.233. The molecule has 25 heavy (non-hydrogen) atoms. The van der Waals surface area contributed by atoms with Gasteiger partial charge in [0.15, 0.2) is 5.69 Å². The summed E-state index contributed by atoms with van der Waals surface area (Å²) in [6, 6.07) is 14.8. The molecule has 2 aromatic heterocycles. The van der Waals surface area contributed by atoms with Crippen LogP contribution in [0.1, 0.15) is 23.1 Å². The highest BCUT2D eigenvalue weighted by molar-refractivity contribution is 7.99. The maximum Gasteiger partial charge on any atom is 0.358 e. The Bertz CT molecular complexity index is 911. The lowest BCUT2D eigenvalue weighted by Gasteiger charge is -2.08. The molecule has 0 fully saturated rings. The Balaban J connectivity index is 2.05. The van der Waals surface area contributed by atoms with E-state index >= 15 is 0 Å². The number of hydrogen-bond acceptors (Lipinski definition) is 5. The van der Waals surface area contributed by atoms with Crippen LogP contribution < -0.4 is 0 Å². The first kappa shape index (κ1) is 17.5. The van der Waals surface area contributed by atoms with Crippen LogP contribution in [0.4, 0.5) is 0 Å². The number of aromatic nitrogens is 3. The van der Waals surface area contributed by atoms with Crippen LogP contribution in [0.25, 0.3) is 5.69 Å². The summed E-state index contributed by atoms with van der Waals surface area (Å²) in [5, 5.41) is 6.47. The maximum atomic E-state index is 12.1. The van der Waals surface area contributed by atoms with Gasteiger partial charge >= 0.3 is 5.97 Å². The molecule has 1 aromatic carbocycles. The van der Waals surface area contributed by atoms with Crippen LogP contribution in [0.15, 0.2) is 58.6 Å². The summed E-state index contributed by atoms with van der Waals surface area (Å²) >= 11 is 7.72. The van der Waals surface area contributed by atoms with Gasteiger partial charge in [0.1, 0.15) is 10.1 Å². The molecule has 128 valence electrons. The molecule has 3 aromatic rings. The number of ether oxygens (including phenoxy) is 1. The highest BCUT2D eigenvalue weighted by atomic mass is 35.5. The fraction of sp³-hybridized carbons (Fsp3) is 0.167. The average Bonchev–Trinajstić information content (AvgIpc) is 2.99. The summed E-state index contributed by atoms with van der Waals surface area (Å²) in [5.41, 5.74) is 1.84. The van der Waals surface area contributed by atoms with Crippen LogP contribution in [0.3, 0.4) is 0 Å². The molecule has 0 saturated heterocycles. The summed E-state index contributed by atoms with van der Waals surface area (Å²) < 4.78 is 6.70. The first-order valence-corrected chi connectivity index (χ1v) is 8.91. The van der Waals surface area contributed by atoms with E-state index in [0.29, 0.717) is 17.3 Å². The Labute approximate surface area is 155 Å². The number of esters is 1. The Morgan fingerprint density at radius 3 is 2.76 bits per heavy atom. The minimum Gasteiger partial charge on any atom is -0.461 e.